The minimum absolute atomic E-state index is 0.452. The summed E-state index contributed by atoms with van der Waals surface area (Å²) in [5.74, 6) is 0.452. The van der Waals surface area contributed by atoms with Crippen LogP contribution in [0.5, 0.6) is 0 Å². The van der Waals surface area contributed by atoms with Crippen LogP contribution in [0.2, 0.25) is 0 Å². The molecule has 0 bridgehead atoms. The number of benzene rings is 1. The molecule has 16 heavy (non-hydrogen) atoms. The van der Waals surface area contributed by atoms with E-state index in [0.29, 0.717) is 16.3 Å². The predicted molar refractivity (Wildman–Crippen MR) is 64.1 cm³/mol. The van der Waals surface area contributed by atoms with Gasteiger partial charge in [-0.3, -0.25) is 0 Å². The van der Waals surface area contributed by atoms with Gasteiger partial charge >= 0.3 is 6.03 Å². The Hall–Kier alpha value is -1.36. The van der Waals surface area contributed by atoms with Gasteiger partial charge in [0.25, 0.3) is 0 Å². The highest BCUT2D eigenvalue weighted by Crippen LogP contribution is 2.28. The van der Waals surface area contributed by atoms with E-state index in [0.717, 1.165) is 12.8 Å². The standard InChI is InChI=1S/C11H14N2O2S/c1-2-3-8-16(15)10-7-5-4-6-9(10)12-11(14)13-16/h4-7H,2-3,8H2,1H3,(H,12,13,14,15). The fraction of sp³-hybridized carbons (Fsp3) is 0.364. The van der Waals surface area contributed by atoms with E-state index in [1.165, 1.54) is 0 Å². The maximum atomic E-state index is 12.6. The molecule has 4 nitrogen and oxygen atoms in total. The summed E-state index contributed by atoms with van der Waals surface area (Å²) in [6, 6.07) is 6.66. The summed E-state index contributed by atoms with van der Waals surface area (Å²) in [6.45, 7) is 2.03. The van der Waals surface area contributed by atoms with E-state index in [-0.39, 0.29) is 0 Å². The molecule has 5 heteroatoms. The maximum Gasteiger partial charge on any atom is 0.353 e. The van der Waals surface area contributed by atoms with E-state index in [1.54, 1.807) is 12.1 Å². The fourth-order valence-electron chi connectivity index (χ4n) is 1.66. The summed E-state index contributed by atoms with van der Waals surface area (Å²) >= 11 is 0. The molecule has 1 N–H and O–H groups in total. The van der Waals surface area contributed by atoms with Crippen molar-refractivity contribution in [2.24, 2.45) is 4.36 Å². The van der Waals surface area contributed by atoms with Crippen molar-refractivity contribution in [2.45, 2.75) is 24.7 Å². The van der Waals surface area contributed by atoms with Gasteiger partial charge in [-0.05, 0) is 18.6 Å². The Morgan fingerprint density at radius 2 is 2.12 bits per heavy atom. The van der Waals surface area contributed by atoms with Crippen molar-refractivity contribution in [2.75, 3.05) is 11.1 Å². The first-order valence-electron chi connectivity index (χ1n) is 5.30. The van der Waals surface area contributed by atoms with Gasteiger partial charge in [0.2, 0.25) is 0 Å². The molecule has 0 spiro atoms. The zero-order chi connectivity index (χ0) is 11.6. The number of anilines is 1. The summed E-state index contributed by atoms with van der Waals surface area (Å²) in [5, 5.41) is 2.61. The number of amides is 2. The maximum absolute atomic E-state index is 12.6. The Labute approximate surface area is 95.2 Å². The van der Waals surface area contributed by atoms with Crippen LogP contribution in [-0.4, -0.2) is 16.0 Å². The van der Waals surface area contributed by atoms with Crippen molar-refractivity contribution in [3.05, 3.63) is 24.3 Å². The molecule has 0 aromatic heterocycles. The molecule has 1 unspecified atom stereocenters. The molecule has 2 rings (SSSR count). The number of carbonyl (C=O) groups is 1. The second kappa shape index (κ2) is 4.25. The molecule has 1 aliphatic rings. The lowest BCUT2D eigenvalue weighted by atomic mass is 10.3. The van der Waals surface area contributed by atoms with E-state index in [9.17, 15) is 9.00 Å². The smallest absolute Gasteiger partial charge is 0.304 e. The van der Waals surface area contributed by atoms with E-state index in [2.05, 4.69) is 9.68 Å². The van der Waals surface area contributed by atoms with Gasteiger partial charge in [0.15, 0.2) is 0 Å². The normalized spacial score (nSPS) is 23.2. The molecular weight excluding hydrogens is 224 g/mol. The zero-order valence-electron chi connectivity index (χ0n) is 9.10. The van der Waals surface area contributed by atoms with Crippen molar-refractivity contribution in [1.29, 1.82) is 0 Å². The number of nitrogens with zero attached hydrogens (tertiary/aromatic N) is 1. The van der Waals surface area contributed by atoms with E-state index >= 15 is 0 Å². The first kappa shape index (κ1) is 11.1. The highest BCUT2D eigenvalue weighted by molar-refractivity contribution is 7.94. The topological polar surface area (TPSA) is 58.5 Å². The van der Waals surface area contributed by atoms with Gasteiger partial charge in [0.05, 0.1) is 20.3 Å². The second-order valence-corrected chi connectivity index (χ2v) is 6.03. The molecule has 1 aromatic rings. The average molecular weight is 238 g/mol. The molecule has 0 aliphatic carbocycles. The Kier molecular flexibility index (Phi) is 2.96. The monoisotopic (exact) mass is 238 g/mol. The Bertz CT molecular complexity index is 531. The van der Waals surface area contributed by atoms with Crippen LogP contribution in [0.4, 0.5) is 10.5 Å². The molecule has 0 saturated heterocycles. The highest BCUT2D eigenvalue weighted by Gasteiger charge is 2.23. The number of urea groups is 1. The van der Waals surface area contributed by atoms with Crippen molar-refractivity contribution >= 4 is 21.4 Å². The minimum atomic E-state index is -2.55. The zero-order valence-corrected chi connectivity index (χ0v) is 9.92. The fourth-order valence-corrected chi connectivity index (χ4v) is 3.82. The lowest BCUT2D eigenvalue weighted by Crippen LogP contribution is -2.21. The quantitative estimate of drug-likeness (QED) is 0.880. The number of hydrogen-bond acceptors (Lipinski definition) is 2. The van der Waals surface area contributed by atoms with Crippen LogP contribution in [0.3, 0.4) is 0 Å². The van der Waals surface area contributed by atoms with Crippen molar-refractivity contribution in [1.82, 2.24) is 0 Å². The molecule has 0 saturated carbocycles. The molecule has 0 fully saturated rings. The third-order valence-electron chi connectivity index (χ3n) is 2.48. The number of para-hydroxylation sites is 1. The van der Waals surface area contributed by atoms with Crippen LogP contribution < -0.4 is 5.32 Å². The number of carbonyl (C=O) groups excluding carboxylic acids is 1. The molecule has 86 valence electrons. The van der Waals surface area contributed by atoms with Crippen LogP contribution in [0.1, 0.15) is 19.8 Å². The number of nitrogens with one attached hydrogen (secondary N) is 1. The summed E-state index contributed by atoms with van der Waals surface area (Å²) in [4.78, 5) is 12.0. The average Bonchev–Trinajstić information content (AvgIpc) is 2.26. The summed E-state index contributed by atoms with van der Waals surface area (Å²) < 4.78 is 16.3. The largest absolute Gasteiger partial charge is 0.353 e. The highest BCUT2D eigenvalue weighted by atomic mass is 32.2. The summed E-state index contributed by atoms with van der Waals surface area (Å²) in [7, 11) is -2.55. The number of unbranched alkanes of at least 4 members (excludes halogenated alkanes) is 1. The molecule has 1 atom stereocenters. The molecule has 0 radical (unpaired) electrons. The van der Waals surface area contributed by atoms with Gasteiger partial charge in [-0.15, -0.1) is 4.36 Å². The van der Waals surface area contributed by atoms with E-state index < -0.39 is 15.8 Å². The van der Waals surface area contributed by atoms with Gasteiger partial charge in [0, 0.05) is 5.75 Å². The lowest BCUT2D eigenvalue weighted by molar-refractivity contribution is 0.259. The van der Waals surface area contributed by atoms with Crippen LogP contribution in [-0.2, 0) is 9.73 Å². The van der Waals surface area contributed by atoms with Gasteiger partial charge in [-0.2, -0.15) is 0 Å². The summed E-state index contributed by atoms with van der Waals surface area (Å²) in [5.41, 5.74) is 0.628. The number of hydrogen-bond donors (Lipinski definition) is 1. The molecule has 2 amide bonds. The van der Waals surface area contributed by atoms with Crippen LogP contribution in [0, 0.1) is 0 Å². The first-order valence-corrected chi connectivity index (χ1v) is 6.99. The van der Waals surface area contributed by atoms with Crippen LogP contribution in [0.25, 0.3) is 0 Å². The van der Waals surface area contributed by atoms with Crippen molar-refractivity contribution in [3.8, 4) is 0 Å². The second-order valence-electron chi connectivity index (χ2n) is 3.72. The third-order valence-corrected chi connectivity index (χ3v) is 4.82. The molecule has 1 aromatic carbocycles. The summed E-state index contributed by atoms with van der Waals surface area (Å²) in [6.07, 6.45) is 1.75. The molecule has 1 heterocycles. The minimum Gasteiger partial charge on any atom is -0.304 e. The van der Waals surface area contributed by atoms with Crippen molar-refractivity contribution < 1.29 is 9.00 Å². The van der Waals surface area contributed by atoms with Gasteiger partial charge in [0.1, 0.15) is 0 Å². The number of fused-ring (bicyclic) bond motifs is 1. The molecule has 1 aliphatic heterocycles. The van der Waals surface area contributed by atoms with Crippen molar-refractivity contribution in [3.63, 3.8) is 0 Å². The van der Waals surface area contributed by atoms with Crippen LogP contribution in [0.15, 0.2) is 33.5 Å². The Morgan fingerprint density at radius 3 is 2.88 bits per heavy atom. The Balaban J connectivity index is 2.51. The van der Waals surface area contributed by atoms with E-state index in [1.807, 2.05) is 19.1 Å². The van der Waals surface area contributed by atoms with Crippen LogP contribution >= 0.6 is 0 Å². The Morgan fingerprint density at radius 1 is 1.38 bits per heavy atom. The SMILES string of the molecule is CCCCS1(=O)=NC(=O)Nc2ccccc21. The third kappa shape index (κ3) is 1.95. The predicted octanol–water partition coefficient (Wildman–Crippen LogP) is 2.86. The van der Waals surface area contributed by atoms with Gasteiger partial charge in [-0.25, -0.2) is 9.00 Å². The number of rotatable bonds is 3. The first-order chi connectivity index (χ1) is 7.65. The van der Waals surface area contributed by atoms with Gasteiger partial charge in [-0.1, -0.05) is 25.5 Å². The molecular formula is C11H14N2O2S. The van der Waals surface area contributed by atoms with Gasteiger partial charge < -0.3 is 5.32 Å². The van der Waals surface area contributed by atoms with E-state index in [4.69, 9.17) is 0 Å². The lowest BCUT2D eigenvalue weighted by Gasteiger charge is -2.18.